The molecule has 0 saturated carbocycles. The monoisotopic (exact) mass is 373 g/mol. The van der Waals surface area contributed by atoms with Crippen LogP contribution in [-0.2, 0) is 0 Å². The first kappa shape index (κ1) is 27.2. The molecule has 0 saturated heterocycles. The largest absolute Gasteiger partial charge is 1.00 e. The maximum absolute atomic E-state index is 2.43. The standard InChI is InChI=1S/C23H48N.ClH/c1-5-8-9-10-11-12-13-14-15-16-17-18-19-20-21-22-23-24(4,6-2)7-3;/h14-15H,5-13,16-23H2,1-4H3;1H/q+1;/p-1. The zero-order valence-corrected chi connectivity index (χ0v) is 18.8. The highest BCUT2D eigenvalue weighted by molar-refractivity contribution is 4.81. The first-order chi connectivity index (χ1) is 11.7. The normalized spacial score (nSPS) is 11.8. The Kier molecular flexibility index (Phi) is 22.1. The highest BCUT2D eigenvalue weighted by atomic mass is 35.5. The zero-order valence-electron chi connectivity index (χ0n) is 18.0. The molecule has 25 heavy (non-hydrogen) atoms. The molecule has 0 aliphatic rings. The number of halogens is 1. The minimum atomic E-state index is 0. The van der Waals surface area contributed by atoms with Crippen LogP contribution in [0.15, 0.2) is 12.2 Å². The van der Waals surface area contributed by atoms with Gasteiger partial charge in [-0.1, -0.05) is 70.4 Å². The Morgan fingerprint density at radius 1 is 0.560 bits per heavy atom. The lowest BCUT2D eigenvalue weighted by Crippen LogP contribution is -3.00. The molecule has 0 aromatic carbocycles. The Morgan fingerprint density at radius 2 is 0.960 bits per heavy atom. The van der Waals surface area contributed by atoms with E-state index in [1.807, 2.05) is 0 Å². The van der Waals surface area contributed by atoms with Gasteiger partial charge in [0.1, 0.15) is 0 Å². The van der Waals surface area contributed by atoms with E-state index in [4.69, 9.17) is 0 Å². The van der Waals surface area contributed by atoms with Gasteiger partial charge in [0.25, 0.3) is 0 Å². The smallest absolute Gasteiger partial charge is 0.0784 e. The molecule has 0 unspecified atom stereocenters. The van der Waals surface area contributed by atoms with Crippen LogP contribution in [-0.4, -0.2) is 31.2 Å². The van der Waals surface area contributed by atoms with Crippen LogP contribution in [0.1, 0.15) is 111 Å². The molecule has 0 atom stereocenters. The van der Waals surface area contributed by atoms with Crippen molar-refractivity contribution in [2.24, 2.45) is 0 Å². The summed E-state index contributed by atoms with van der Waals surface area (Å²) in [5.74, 6) is 0. The summed E-state index contributed by atoms with van der Waals surface area (Å²) >= 11 is 0. The van der Waals surface area contributed by atoms with Crippen molar-refractivity contribution in [3.8, 4) is 0 Å². The number of quaternary nitrogens is 1. The molecule has 0 aliphatic carbocycles. The molecule has 0 amide bonds. The van der Waals surface area contributed by atoms with Gasteiger partial charge in [-0.15, -0.1) is 0 Å². The fourth-order valence-electron chi connectivity index (χ4n) is 3.28. The van der Waals surface area contributed by atoms with E-state index in [1.165, 1.54) is 114 Å². The number of rotatable bonds is 18. The fraction of sp³-hybridized carbons (Fsp3) is 0.913. The lowest BCUT2D eigenvalue weighted by atomic mass is 10.1. The molecule has 1 nitrogen and oxygen atoms in total. The topological polar surface area (TPSA) is 0 Å². The molecule has 0 radical (unpaired) electrons. The van der Waals surface area contributed by atoms with Crippen LogP contribution in [0.3, 0.4) is 0 Å². The number of hydrogen-bond acceptors (Lipinski definition) is 0. The van der Waals surface area contributed by atoms with Crippen LogP contribution >= 0.6 is 0 Å². The average Bonchev–Trinajstić information content (AvgIpc) is 2.61. The second-order valence-electron chi connectivity index (χ2n) is 7.91. The van der Waals surface area contributed by atoms with E-state index in [0.717, 1.165) is 0 Å². The predicted molar refractivity (Wildman–Crippen MR) is 112 cm³/mol. The second kappa shape index (κ2) is 20.3. The molecule has 0 N–H and O–H groups in total. The molecule has 0 rings (SSSR count). The summed E-state index contributed by atoms with van der Waals surface area (Å²) in [6.45, 7) is 10.9. The second-order valence-corrected chi connectivity index (χ2v) is 7.91. The van der Waals surface area contributed by atoms with Gasteiger partial charge < -0.3 is 16.9 Å². The number of nitrogens with zero attached hydrogens (tertiary/aromatic N) is 1. The molecule has 0 heterocycles. The van der Waals surface area contributed by atoms with Gasteiger partial charge in [-0.2, -0.15) is 0 Å². The van der Waals surface area contributed by atoms with E-state index < -0.39 is 0 Å². The summed E-state index contributed by atoms with van der Waals surface area (Å²) in [7, 11) is 2.40. The predicted octanol–water partition coefficient (Wildman–Crippen LogP) is 4.51. The molecule has 0 aromatic heterocycles. The molecular weight excluding hydrogens is 326 g/mol. The van der Waals surface area contributed by atoms with Crippen LogP contribution < -0.4 is 12.4 Å². The molecular formula is C23H48ClN. The zero-order chi connectivity index (χ0) is 17.9. The van der Waals surface area contributed by atoms with E-state index in [9.17, 15) is 0 Å². The molecule has 0 aliphatic heterocycles. The van der Waals surface area contributed by atoms with Gasteiger partial charge in [-0.05, 0) is 52.4 Å². The molecule has 0 aromatic rings. The van der Waals surface area contributed by atoms with Gasteiger partial charge in [0, 0.05) is 0 Å². The Bertz CT molecular complexity index is 271. The van der Waals surface area contributed by atoms with Crippen molar-refractivity contribution < 1.29 is 16.9 Å². The highest BCUT2D eigenvalue weighted by Gasteiger charge is 2.14. The molecule has 2 heteroatoms. The summed E-state index contributed by atoms with van der Waals surface area (Å²) in [4.78, 5) is 0. The first-order valence-corrected chi connectivity index (χ1v) is 11.2. The van der Waals surface area contributed by atoms with Gasteiger partial charge in [-0.25, -0.2) is 0 Å². The number of allylic oxidation sites excluding steroid dienone is 2. The number of unbranched alkanes of at least 4 members (excludes halogenated alkanes) is 12. The maximum atomic E-state index is 2.43. The minimum absolute atomic E-state index is 0. The van der Waals surface area contributed by atoms with E-state index in [-0.39, 0.29) is 12.4 Å². The van der Waals surface area contributed by atoms with Crippen LogP contribution in [0, 0.1) is 0 Å². The Balaban J connectivity index is 0. The molecule has 0 bridgehead atoms. The lowest BCUT2D eigenvalue weighted by molar-refractivity contribution is -0.906. The van der Waals surface area contributed by atoms with Crippen molar-refractivity contribution in [1.29, 1.82) is 0 Å². The Morgan fingerprint density at radius 3 is 1.40 bits per heavy atom. The summed E-state index contributed by atoms with van der Waals surface area (Å²) in [6, 6.07) is 0. The van der Waals surface area contributed by atoms with Crippen molar-refractivity contribution in [2.75, 3.05) is 26.7 Å². The Hall–Kier alpha value is -0.0100. The van der Waals surface area contributed by atoms with Crippen molar-refractivity contribution in [2.45, 2.75) is 111 Å². The van der Waals surface area contributed by atoms with E-state index in [2.05, 4.69) is 40.0 Å². The molecule has 0 fully saturated rings. The first-order valence-electron chi connectivity index (χ1n) is 11.2. The summed E-state index contributed by atoms with van der Waals surface area (Å²) in [5, 5.41) is 0. The van der Waals surface area contributed by atoms with E-state index >= 15 is 0 Å². The molecule has 152 valence electrons. The average molecular weight is 374 g/mol. The third-order valence-corrected chi connectivity index (χ3v) is 5.74. The van der Waals surface area contributed by atoms with Crippen molar-refractivity contribution >= 4 is 0 Å². The highest BCUT2D eigenvalue weighted by Crippen LogP contribution is 2.11. The van der Waals surface area contributed by atoms with E-state index in [0.29, 0.717) is 0 Å². The summed E-state index contributed by atoms with van der Waals surface area (Å²) in [5.41, 5.74) is 0. The SMILES string of the molecule is CCCCCCCCC=CCCCCCCCC[N+](C)(CC)CC.[Cl-]. The van der Waals surface area contributed by atoms with Crippen molar-refractivity contribution in [3.05, 3.63) is 12.2 Å². The fourth-order valence-corrected chi connectivity index (χ4v) is 3.28. The van der Waals surface area contributed by atoms with Crippen LogP contribution in [0.2, 0.25) is 0 Å². The quantitative estimate of drug-likeness (QED) is 0.188. The lowest BCUT2D eigenvalue weighted by Gasteiger charge is -2.32. The van der Waals surface area contributed by atoms with Crippen LogP contribution in [0.25, 0.3) is 0 Å². The third kappa shape index (κ3) is 18.6. The van der Waals surface area contributed by atoms with Crippen molar-refractivity contribution in [1.82, 2.24) is 0 Å². The van der Waals surface area contributed by atoms with Crippen LogP contribution in [0.5, 0.6) is 0 Å². The maximum Gasteiger partial charge on any atom is 0.0784 e. The van der Waals surface area contributed by atoms with Gasteiger partial charge in [0.05, 0.1) is 26.7 Å². The molecule has 0 spiro atoms. The van der Waals surface area contributed by atoms with Crippen molar-refractivity contribution in [3.63, 3.8) is 0 Å². The third-order valence-electron chi connectivity index (χ3n) is 5.74. The van der Waals surface area contributed by atoms with Crippen LogP contribution in [0.4, 0.5) is 0 Å². The van der Waals surface area contributed by atoms with E-state index in [1.54, 1.807) is 0 Å². The van der Waals surface area contributed by atoms with Gasteiger partial charge in [0.2, 0.25) is 0 Å². The van der Waals surface area contributed by atoms with Gasteiger partial charge in [0.15, 0.2) is 0 Å². The van der Waals surface area contributed by atoms with Gasteiger partial charge >= 0.3 is 0 Å². The Labute approximate surface area is 166 Å². The number of hydrogen-bond donors (Lipinski definition) is 0. The van der Waals surface area contributed by atoms with Gasteiger partial charge in [-0.3, -0.25) is 0 Å². The summed E-state index contributed by atoms with van der Waals surface area (Å²) in [6.07, 6.45) is 24.5. The summed E-state index contributed by atoms with van der Waals surface area (Å²) < 4.78 is 1.25. The minimum Gasteiger partial charge on any atom is -1.00 e.